The molecule has 2 aromatic heterocycles. The van der Waals surface area contributed by atoms with Gasteiger partial charge in [-0.25, -0.2) is 4.98 Å². The van der Waals surface area contributed by atoms with Crippen LogP contribution in [0.15, 0.2) is 128 Å². The minimum atomic E-state index is -2.79. The molecule has 0 fully saturated rings. The molecule has 4 nitrogen and oxygen atoms in total. The fraction of sp³-hybridized carbons (Fsp3) is 0.208. The molecule has 0 atom stereocenters. The van der Waals surface area contributed by atoms with Gasteiger partial charge in [0.15, 0.2) is 0 Å². The average molecular weight is 947 g/mol. The van der Waals surface area contributed by atoms with Crippen LogP contribution in [0, 0.1) is 33.6 Å². The number of phenols is 1. The number of pyridine rings is 1. The molecule has 0 aliphatic rings. The van der Waals surface area contributed by atoms with Crippen molar-refractivity contribution >= 4 is 11.0 Å². The molecule has 0 bridgehead atoms. The standard InChI is InChI=1S/C53H50N3O.Pt/c1-32(2)37-18-20-38(21-19-37)40-22-23-54-48(30-40)42-27-41(28-43(29-42)53(7,8)9)45-16-13-17-49-50(45)55-52(47-25-33(3)24-35(5)51(47)57)56(49)44-26-34(4)36(6)46(31-44)39-14-11-10-12-15-39;/h10-26,28-32,57H,1-9H3;/q-1;/i4D3,6D3,32D;. The van der Waals surface area contributed by atoms with Crippen LogP contribution in [0.4, 0.5) is 0 Å². The van der Waals surface area contributed by atoms with Crippen LogP contribution in [0.2, 0.25) is 0 Å². The Balaban J connectivity index is 0.00000630. The number of phenolic OH excluding ortho intramolecular Hbond substituents is 1. The maximum Gasteiger partial charge on any atom is 0.148 e. The average Bonchev–Trinajstić information content (AvgIpc) is 3.63. The molecule has 5 heteroatoms. The van der Waals surface area contributed by atoms with Gasteiger partial charge in [0.05, 0.1) is 16.6 Å². The summed E-state index contributed by atoms with van der Waals surface area (Å²) in [6.07, 6.45) is 1.80. The van der Waals surface area contributed by atoms with Crippen LogP contribution in [0.1, 0.15) is 83.5 Å². The zero-order valence-corrected chi connectivity index (χ0v) is 36.0. The van der Waals surface area contributed by atoms with Gasteiger partial charge in [-0.1, -0.05) is 125 Å². The van der Waals surface area contributed by atoms with E-state index in [1.807, 2.05) is 99.0 Å². The summed E-state index contributed by atoms with van der Waals surface area (Å²) in [6.45, 7) is 8.42. The molecule has 0 spiro atoms. The van der Waals surface area contributed by atoms with E-state index in [2.05, 4.69) is 45.0 Å². The first-order chi connectivity index (χ1) is 30.0. The third-order valence-electron chi connectivity index (χ3n) is 10.7. The number of aromatic nitrogens is 3. The number of fused-ring (bicyclic) bond motifs is 1. The number of benzene rings is 6. The number of nitrogens with zero attached hydrogens (tertiary/aromatic N) is 3. The number of hydrogen-bond acceptors (Lipinski definition) is 3. The minimum Gasteiger partial charge on any atom is -0.507 e. The summed E-state index contributed by atoms with van der Waals surface area (Å²) in [7, 11) is 0. The summed E-state index contributed by atoms with van der Waals surface area (Å²) in [6, 6.07) is 41.6. The summed E-state index contributed by atoms with van der Waals surface area (Å²) in [5.74, 6) is -0.338. The summed E-state index contributed by atoms with van der Waals surface area (Å²) in [4.78, 5) is 10.1. The van der Waals surface area contributed by atoms with Gasteiger partial charge in [-0.05, 0) is 119 Å². The van der Waals surface area contributed by atoms with Gasteiger partial charge < -0.3 is 5.11 Å². The summed E-state index contributed by atoms with van der Waals surface area (Å²) in [5, 5.41) is 11.7. The van der Waals surface area contributed by atoms with Crippen molar-refractivity contribution in [1.82, 2.24) is 14.5 Å². The summed E-state index contributed by atoms with van der Waals surface area (Å²) < 4.78 is 62.0. The van der Waals surface area contributed by atoms with Crippen molar-refractivity contribution in [3.8, 4) is 67.5 Å². The van der Waals surface area contributed by atoms with Gasteiger partial charge in [0.1, 0.15) is 11.6 Å². The Hall–Kier alpha value is -5.57. The number of rotatable bonds is 7. The molecule has 0 aliphatic heterocycles. The van der Waals surface area contributed by atoms with E-state index in [-0.39, 0.29) is 48.9 Å². The van der Waals surface area contributed by atoms with Crippen LogP contribution in [0.25, 0.3) is 72.7 Å². The Kier molecular flexibility index (Phi) is 8.93. The van der Waals surface area contributed by atoms with Gasteiger partial charge >= 0.3 is 0 Å². The third-order valence-corrected chi connectivity index (χ3v) is 10.7. The predicted octanol–water partition coefficient (Wildman–Crippen LogP) is 13.9. The second kappa shape index (κ2) is 16.0. The van der Waals surface area contributed by atoms with E-state index < -0.39 is 19.6 Å². The molecule has 0 saturated heterocycles. The molecular weight excluding hydrogens is 890 g/mol. The number of aromatic hydroxyl groups is 1. The van der Waals surface area contributed by atoms with Gasteiger partial charge in [0.25, 0.3) is 0 Å². The van der Waals surface area contributed by atoms with Gasteiger partial charge in [0, 0.05) is 48.2 Å². The zero-order chi connectivity index (χ0) is 46.1. The number of imidazole rings is 1. The van der Waals surface area contributed by atoms with Crippen LogP contribution in [-0.4, -0.2) is 19.6 Å². The van der Waals surface area contributed by atoms with Crippen LogP contribution < -0.4 is 0 Å². The maximum atomic E-state index is 11.7. The van der Waals surface area contributed by atoms with E-state index in [1.165, 1.54) is 6.07 Å². The van der Waals surface area contributed by atoms with Crippen LogP contribution >= 0.6 is 0 Å². The summed E-state index contributed by atoms with van der Waals surface area (Å²) >= 11 is 0. The quantitative estimate of drug-likeness (QED) is 0.162. The smallest absolute Gasteiger partial charge is 0.148 e. The largest absolute Gasteiger partial charge is 0.507 e. The molecule has 0 saturated carbocycles. The first-order valence-electron chi connectivity index (χ1n) is 22.7. The topological polar surface area (TPSA) is 50.9 Å². The molecule has 2 heterocycles. The van der Waals surface area contributed by atoms with E-state index >= 15 is 0 Å². The first-order valence-corrected chi connectivity index (χ1v) is 19.2. The Bertz CT molecular complexity index is 3070. The van der Waals surface area contributed by atoms with Crippen LogP contribution in [0.3, 0.4) is 0 Å². The Labute approximate surface area is 367 Å². The molecule has 0 unspecified atom stereocenters. The molecule has 6 aromatic carbocycles. The van der Waals surface area contributed by atoms with Crippen molar-refractivity contribution < 1.29 is 35.8 Å². The van der Waals surface area contributed by atoms with Crippen molar-refractivity contribution in [3.63, 3.8) is 0 Å². The number of hydrogen-bond donors (Lipinski definition) is 1. The van der Waals surface area contributed by atoms with E-state index in [9.17, 15) is 5.11 Å². The van der Waals surface area contributed by atoms with E-state index in [0.29, 0.717) is 39.2 Å². The van der Waals surface area contributed by atoms with E-state index in [0.717, 1.165) is 50.2 Å². The zero-order valence-electron chi connectivity index (χ0n) is 40.7. The minimum absolute atomic E-state index is 0. The Morgan fingerprint density at radius 3 is 2.19 bits per heavy atom. The third kappa shape index (κ3) is 7.71. The van der Waals surface area contributed by atoms with Crippen LogP contribution in [0.5, 0.6) is 5.75 Å². The predicted molar refractivity (Wildman–Crippen MR) is 238 cm³/mol. The molecule has 58 heavy (non-hydrogen) atoms. The van der Waals surface area contributed by atoms with Crippen molar-refractivity contribution in [1.29, 1.82) is 0 Å². The number of para-hydroxylation sites is 1. The van der Waals surface area contributed by atoms with Crippen LogP contribution in [-0.2, 0) is 26.5 Å². The number of aryl methyl sites for hydroxylation is 3. The summed E-state index contributed by atoms with van der Waals surface area (Å²) in [5.41, 5.74) is 10.5. The second-order valence-electron chi connectivity index (χ2n) is 16.2. The van der Waals surface area contributed by atoms with Crippen molar-refractivity contribution in [2.24, 2.45) is 0 Å². The molecule has 8 rings (SSSR count). The second-order valence-corrected chi connectivity index (χ2v) is 16.2. The fourth-order valence-electron chi connectivity index (χ4n) is 7.53. The first kappa shape index (κ1) is 32.4. The van der Waals surface area contributed by atoms with E-state index in [4.69, 9.17) is 19.6 Å². The van der Waals surface area contributed by atoms with Crippen molar-refractivity contribution in [3.05, 3.63) is 167 Å². The normalized spacial score (nSPS) is 14.0. The van der Waals surface area contributed by atoms with Gasteiger partial charge in [-0.15, -0.1) is 29.3 Å². The molecule has 0 radical (unpaired) electrons. The van der Waals surface area contributed by atoms with Gasteiger partial charge in [-0.3, -0.25) is 9.55 Å². The van der Waals surface area contributed by atoms with Crippen molar-refractivity contribution in [2.75, 3.05) is 0 Å². The van der Waals surface area contributed by atoms with Crippen molar-refractivity contribution in [2.45, 2.75) is 73.5 Å². The van der Waals surface area contributed by atoms with E-state index in [1.54, 1.807) is 36.5 Å². The maximum absolute atomic E-state index is 11.7. The Morgan fingerprint density at radius 1 is 0.724 bits per heavy atom. The molecule has 8 aromatic rings. The molecule has 1 N–H and O–H groups in total. The monoisotopic (exact) mass is 946 g/mol. The Morgan fingerprint density at radius 2 is 1.48 bits per heavy atom. The van der Waals surface area contributed by atoms with Gasteiger partial charge in [0.2, 0.25) is 0 Å². The van der Waals surface area contributed by atoms with Gasteiger partial charge in [-0.2, -0.15) is 0 Å². The molecule has 0 amide bonds. The molecular formula is C53H50N3OPt-. The molecule has 0 aliphatic carbocycles. The fourth-order valence-corrected chi connectivity index (χ4v) is 7.53. The SMILES string of the molecule is [2H]C([2H])([2H])c1cc(-n2c(-c3cc(C)cc(C)c3O)nc3c(-c4[c-]c(-c5cc(-c6ccc(C([2H])(C)C)cc6)ccn5)cc(C(C)(C)C)c4)cccc32)cc(-c2ccccc2)c1C([2H])([2H])[2H].[Pt]. The molecule has 294 valence electrons.